The lowest BCUT2D eigenvalue weighted by atomic mass is 9.96. The number of nitrogens with two attached hydrogens (primary N) is 1. The van der Waals surface area contributed by atoms with Crippen molar-refractivity contribution in [2.75, 3.05) is 26.4 Å². The zero-order valence-electron chi connectivity index (χ0n) is 17.7. The Kier molecular flexibility index (Phi) is 5.40. The fourth-order valence-electron chi connectivity index (χ4n) is 4.01. The first-order valence-corrected chi connectivity index (χ1v) is 10.7. The Balaban J connectivity index is 1.27. The van der Waals surface area contributed by atoms with Crippen molar-refractivity contribution in [2.24, 2.45) is 16.8 Å². The van der Waals surface area contributed by atoms with E-state index in [4.69, 9.17) is 19.7 Å². The van der Waals surface area contributed by atoms with E-state index in [1.807, 2.05) is 0 Å². The van der Waals surface area contributed by atoms with Gasteiger partial charge in [-0.15, -0.1) is 0 Å². The number of aromatic nitrogens is 2. The number of carbonyl (C=O) groups is 3. The van der Waals surface area contributed by atoms with Crippen molar-refractivity contribution >= 4 is 23.4 Å². The van der Waals surface area contributed by atoms with Crippen LogP contribution in [0.15, 0.2) is 27.8 Å². The Bertz CT molecular complexity index is 1140. The molecule has 0 radical (unpaired) electrons. The maximum absolute atomic E-state index is 12.7. The van der Waals surface area contributed by atoms with Crippen LogP contribution in [0.4, 0.5) is 0 Å². The van der Waals surface area contributed by atoms with Gasteiger partial charge >= 0.3 is 0 Å². The van der Waals surface area contributed by atoms with Gasteiger partial charge in [-0.1, -0.05) is 5.16 Å². The molecule has 1 saturated heterocycles. The molecule has 5 rings (SSSR count). The van der Waals surface area contributed by atoms with Gasteiger partial charge in [0.15, 0.2) is 11.5 Å². The summed E-state index contributed by atoms with van der Waals surface area (Å²) >= 11 is 0. The second-order valence-electron chi connectivity index (χ2n) is 8.05. The molecule has 12 nitrogen and oxygen atoms in total. The van der Waals surface area contributed by atoms with Gasteiger partial charge in [0.2, 0.25) is 30.3 Å². The summed E-state index contributed by atoms with van der Waals surface area (Å²) in [5, 5.41) is 9.47. The van der Waals surface area contributed by atoms with Crippen molar-refractivity contribution in [3.63, 3.8) is 0 Å². The summed E-state index contributed by atoms with van der Waals surface area (Å²) in [6.45, 7) is 0.826. The number of hydrazone groups is 1. The van der Waals surface area contributed by atoms with Crippen LogP contribution >= 0.6 is 0 Å². The fraction of sp³-hybridized carbons (Fsp3) is 0.429. The van der Waals surface area contributed by atoms with E-state index in [9.17, 15) is 14.4 Å². The van der Waals surface area contributed by atoms with Gasteiger partial charge in [0, 0.05) is 37.4 Å². The van der Waals surface area contributed by atoms with Gasteiger partial charge in [0.25, 0.3) is 5.89 Å². The van der Waals surface area contributed by atoms with E-state index < -0.39 is 0 Å². The van der Waals surface area contributed by atoms with Crippen LogP contribution < -0.4 is 15.2 Å². The molecule has 2 N–H and O–H groups in total. The maximum Gasteiger partial charge on any atom is 0.274 e. The molecule has 172 valence electrons. The molecule has 0 bridgehead atoms. The molecule has 0 unspecified atom stereocenters. The molecule has 1 aromatic heterocycles. The largest absolute Gasteiger partial charge is 0.454 e. The van der Waals surface area contributed by atoms with Crippen molar-refractivity contribution in [3.8, 4) is 22.9 Å². The molecule has 0 atom stereocenters. The van der Waals surface area contributed by atoms with Crippen LogP contribution in [0.25, 0.3) is 11.4 Å². The normalized spacial score (nSPS) is 18.4. The number of hydrogen-bond donors (Lipinski definition) is 1. The summed E-state index contributed by atoms with van der Waals surface area (Å²) in [6.07, 6.45) is 1.55. The van der Waals surface area contributed by atoms with Gasteiger partial charge in [-0.3, -0.25) is 14.4 Å². The number of benzene rings is 1. The quantitative estimate of drug-likeness (QED) is 0.686. The average Bonchev–Trinajstić information content (AvgIpc) is 3.50. The van der Waals surface area contributed by atoms with E-state index in [-0.39, 0.29) is 49.3 Å². The Morgan fingerprint density at radius 1 is 1.12 bits per heavy atom. The van der Waals surface area contributed by atoms with Crippen LogP contribution in [-0.4, -0.2) is 69.9 Å². The summed E-state index contributed by atoms with van der Waals surface area (Å²) in [7, 11) is 0. The van der Waals surface area contributed by atoms with Gasteiger partial charge in [0.1, 0.15) is 12.3 Å². The third-order valence-corrected chi connectivity index (χ3v) is 5.94. The Labute approximate surface area is 188 Å². The number of nitrogens with zero attached hydrogens (tertiary/aromatic N) is 5. The van der Waals surface area contributed by atoms with Crippen molar-refractivity contribution in [1.82, 2.24) is 20.0 Å². The number of carbonyl (C=O) groups excluding carboxylic acids is 3. The topological polar surface area (TPSA) is 153 Å². The molecule has 0 aliphatic carbocycles. The van der Waals surface area contributed by atoms with Gasteiger partial charge in [-0.25, -0.2) is 5.01 Å². The van der Waals surface area contributed by atoms with E-state index in [0.717, 1.165) is 5.01 Å². The molecule has 0 spiro atoms. The highest BCUT2D eigenvalue weighted by Crippen LogP contribution is 2.35. The third-order valence-electron chi connectivity index (χ3n) is 5.94. The summed E-state index contributed by atoms with van der Waals surface area (Å²) in [4.78, 5) is 42.4. The van der Waals surface area contributed by atoms with Gasteiger partial charge in [-0.05, 0) is 31.0 Å². The molecule has 3 amide bonds. The number of fused-ring (bicyclic) bond motifs is 1. The zero-order valence-corrected chi connectivity index (χ0v) is 17.7. The lowest BCUT2D eigenvalue weighted by Crippen LogP contribution is -2.46. The molecular weight excluding hydrogens is 432 g/mol. The molecule has 1 fully saturated rings. The van der Waals surface area contributed by atoms with E-state index in [1.54, 1.807) is 23.1 Å². The first-order chi connectivity index (χ1) is 16.0. The van der Waals surface area contributed by atoms with E-state index in [1.165, 1.54) is 0 Å². The highest BCUT2D eigenvalue weighted by atomic mass is 16.7. The molecule has 3 aliphatic heterocycles. The van der Waals surface area contributed by atoms with Crippen molar-refractivity contribution in [2.45, 2.75) is 25.7 Å². The van der Waals surface area contributed by atoms with Crippen LogP contribution in [0.3, 0.4) is 0 Å². The van der Waals surface area contributed by atoms with E-state index >= 15 is 0 Å². The fourth-order valence-corrected chi connectivity index (χ4v) is 4.01. The molecular formula is C21H22N6O6. The highest BCUT2D eigenvalue weighted by Gasteiger charge is 2.30. The van der Waals surface area contributed by atoms with Gasteiger partial charge in [0.05, 0.1) is 0 Å². The van der Waals surface area contributed by atoms with Crippen molar-refractivity contribution < 1.29 is 28.4 Å². The summed E-state index contributed by atoms with van der Waals surface area (Å²) < 4.78 is 16.1. The monoisotopic (exact) mass is 454 g/mol. The Hall–Kier alpha value is -3.96. The molecule has 12 heteroatoms. The van der Waals surface area contributed by atoms with Crippen LogP contribution in [0.1, 0.15) is 31.6 Å². The molecule has 4 heterocycles. The predicted octanol–water partition coefficient (Wildman–Crippen LogP) is 0.516. The minimum absolute atomic E-state index is 0.165. The maximum atomic E-state index is 12.7. The van der Waals surface area contributed by atoms with E-state index in [2.05, 4.69) is 15.2 Å². The number of amides is 3. The summed E-state index contributed by atoms with van der Waals surface area (Å²) in [6, 6.07) is 5.32. The van der Waals surface area contributed by atoms with Gasteiger partial charge < -0.3 is 24.6 Å². The zero-order chi connectivity index (χ0) is 22.9. The Morgan fingerprint density at radius 2 is 1.91 bits per heavy atom. The summed E-state index contributed by atoms with van der Waals surface area (Å²) in [5.74, 6) is 0.741. The van der Waals surface area contributed by atoms with Crippen LogP contribution in [0.2, 0.25) is 0 Å². The molecule has 1 aromatic carbocycles. The highest BCUT2D eigenvalue weighted by molar-refractivity contribution is 6.01. The number of hydrogen-bond acceptors (Lipinski definition) is 9. The Morgan fingerprint density at radius 3 is 2.70 bits per heavy atom. The lowest BCUT2D eigenvalue weighted by molar-refractivity contribution is -0.142. The van der Waals surface area contributed by atoms with Crippen LogP contribution in [0, 0.1) is 5.92 Å². The molecule has 2 aromatic rings. The number of piperidine rings is 1. The second kappa shape index (κ2) is 8.52. The van der Waals surface area contributed by atoms with Crippen molar-refractivity contribution in [1.29, 1.82) is 0 Å². The minimum atomic E-state index is -0.345. The minimum Gasteiger partial charge on any atom is -0.454 e. The van der Waals surface area contributed by atoms with Crippen molar-refractivity contribution in [3.05, 3.63) is 24.1 Å². The number of ether oxygens (including phenoxy) is 2. The molecule has 3 aliphatic rings. The number of likely N-dealkylation sites (tertiary alicyclic amines) is 1. The summed E-state index contributed by atoms with van der Waals surface area (Å²) in [5.41, 5.74) is 6.47. The first-order valence-electron chi connectivity index (χ1n) is 10.7. The van der Waals surface area contributed by atoms with Crippen LogP contribution in [-0.2, 0) is 14.4 Å². The SMILES string of the molecule is NC(=O)C1CCN(C(=O)CN2N=C(c3nc(-c4ccc5c(c4)OCO5)no3)CCC2=O)CC1. The predicted molar refractivity (Wildman–Crippen MR) is 112 cm³/mol. The standard InChI is InChI=1S/C21H22N6O6/c22-19(30)12-5-7-26(8-6-12)18(29)10-27-17(28)4-2-14(24-27)21-23-20(25-33-21)13-1-3-15-16(9-13)32-11-31-15/h1,3,9,12H,2,4-8,10-11H2,(H2,22,30). The first kappa shape index (κ1) is 20.9. The number of primary amides is 1. The van der Waals surface area contributed by atoms with Gasteiger partial charge in [-0.2, -0.15) is 10.1 Å². The molecule has 33 heavy (non-hydrogen) atoms. The lowest BCUT2D eigenvalue weighted by Gasteiger charge is -2.32. The second-order valence-corrected chi connectivity index (χ2v) is 8.05. The van der Waals surface area contributed by atoms with E-state index in [0.29, 0.717) is 61.0 Å². The smallest absolute Gasteiger partial charge is 0.274 e. The van der Waals surface area contributed by atoms with Crippen LogP contribution in [0.5, 0.6) is 11.5 Å². The average molecular weight is 454 g/mol. The number of rotatable bonds is 5. The third kappa shape index (κ3) is 4.23. The molecule has 0 saturated carbocycles.